The van der Waals surface area contributed by atoms with Crippen LogP contribution in [-0.4, -0.2) is 307 Å². The van der Waals surface area contributed by atoms with Crippen LogP contribution in [0.4, 0.5) is 0 Å². The monoisotopic (exact) mass is 1840 g/mol. The van der Waals surface area contributed by atoms with Gasteiger partial charge in [-0.15, -0.1) is 11.8 Å². The van der Waals surface area contributed by atoms with E-state index in [1.807, 2.05) is 51.1 Å². The summed E-state index contributed by atoms with van der Waals surface area (Å²) in [5, 5.41) is 47.3. The number of likely N-dealkylation sites (N-methyl/N-ethyl adjacent to an activating group) is 4. The number of amides is 16. The first kappa shape index (κ1) is 104. The molecule has 38 nitrogen and oxygen atoms in total. The molecule has 2 aromatic heterocycles. The number of aromatic nitrogens is 2. The van der Waals surface area contributed by atoms with Crippen molar-refractivity contribution in [3.05, 3.63) is 102 Å². The summed E-state index contributed by atoms with van der Waals surface area (Å²) >= 11 is 0.842. The number of para-hydroxylation sites is 2. The second-order valence-electron chi connectivity index (χ2n) is 35.3. The lowest BCUT2D eigenvalue weighted by atomic mass is 9.90. The van der Waals surface area contributed by atoms with Crippen molar-refractivity contribution in [1.29, 1.82) is 0 Å². The summed E-state index contributed by atoms with van der Waals surface area (Å²) in [6, 6.07) is 2.88. The number of fused-ring (bicyclic) bond motifs is 4. The number of aromatic amines is 2. The van der Waals surface area contributed by atoms with Crippen LogP contribution in [0.3, 0.4) is 0 Å². The van der Waals surface area contributed by atoms with Crippen LogP contribution in [0.15, 0.2) is 85.2 Å². The number of phenols is 1. The maximum absolute atomic E-state index is 15.6. The number of nitrogens with zero attached hydrogens (tertiary/aromatic N) is 6. The van der Waals surface area contributed by atoms with Crippen molar-refractivity contribution < 1.29 is 91.7 Å². The minimum Gasteiger partial charge on any atom is -0.508 e. The molecule has 3 aliphatic heterocycles. The van der Waals surface area contributed by atoms with Crippen molar-refractivity contribution in [3.8, 4) is 5.75 Å². The van der Waals surface area contributed by atoms with Gasteiger partial charge in [0.15, 0.2) is 5.78 Å². The molecule has 0 spiro atoms. The zero-order valence-electron chi connectivity index (χ0n) is 77.1. The van der Waals surface area contributed by atoms with Gasteiger partial charge in [-0.05, 0) is 111 Å². The van der Waals surface area contributed by atoms with Crippen molar-refractivity contribution in [1.82, 2.24) is 87.2 Å². The minimum absolute atomic E-state index is 0.0104. The number of aliphatic hydroxyl groups excluding tert-OH is 1. The number of hydrogen-bond acceptors (Lipinski definition) is 21. The van der Waals surface area contributed by atoms with Gasteiger partial charge in [0.05, 0.1) is 37.4 Å². The van der Waals surface area contributed by atoms with Gasteiger partial charge >= 0.3 is 0 Å². The lowest BCUT2D eigenvalue weighted by molar-refractivity contribution is -0.149. The molecule has 5 aromatic rings. The number of nitrogens with two attached hydrogens (primary N) is 2. The molecule has 3 aliphatic rings. The first-order valence-electron chi connectivity index (χ1n) is 45.2. The Balaban J connectivity index is 1.17. The minimum atomic E-state index is -1.74. The summed E-state index contributed by atoms with van der Waals surface area (Å²) < 4.78 is 0. The number of unbranched alkanes of at least 4 members (excludes halogenated alkanes) is 2. The zero-order chi connectivity index (χ0) is 96.2. The number of primary amides is 1. The highest BCUT2D eigenvalue weighted by molar-refractivity contribution is 8.00. The first-order chi connectivity index (χ1) is 62.3. The lowest BCUT2D eigenvalue weighted by Crippen LogP contribution is -2.61. The average molecular weight is 1840 g/mol. The van der Waals surface area contributed by atoms with E-state index < -0.39 is 223 Å². The maximum Gasteiger partial charge on any atom is 0.246 e. The van der Waals surface area contributed by atoms with Gasteiger partial charge in [0.1, 0.15) is 72.2 Å². The molecule has 0 radical (unpaired) electrons. The van der Waals surface area contributed by atoms with Gasteiger partial charge in [-0.3, -0.25) is 81.5 Å². The maximum atomic E-state index is 15.6. The standard InChI is InChI=1S/C92H133N19O19S/c1-13-16-27-72-86(124)101-65(36-52(4)5)84(122)105-71(83(121)98-48-80(118)106(9)34-15-3)50-131-51-79(117)100-67(38-55-30-32-59(112)33-31-55)88(126)107(10)54(8)81(119)102-69(43-77(94)115)90(128)110-35-22-29-73(110)87(125)104-70(44-93)85(123)103-66(37-53(6)7)91(129)111-49-60(113)42-75(111)76(114)41-56(39-57-45-95-63-25-20-18-23-61(57)63)82(120)97-47-78(116)99-68(40-58-46-96-64-26-21-19-24-62(58)64)89(127)109(12)74(28-17-14-2)92(130)108(72)11/h18-21,23-26,30-33,45-46,52-54,56,60,65-75,95-96,112-113H,13-17,22,27-29,34-44,47-51,93H2,1-12H3,(H2,94,115)(H,97,120)(H,98,121)(H,99,116)(H,100,117)(H,101,124)(H,102,119)(H,103,123)(H,104,125)(H,105,122)/t54-,56+,60+,65-,66-,67-,68-,69-,70-,71-,72-,73-,74-,75-/m0/s1. The first-order valence-corrected chi connectivity index (χ1v) is 46.4. The van der Waals surface area contributed by atoms with E-state index in [1.165, 1.54) is 67.0 Å². The van der Waals surface area contributed by atoms with Crippen molar-refractivity contribution in [2.45, 2.75) is 243 Å². The van der Waals surface area contributed by atoms with E-state index in [0.717, 1.165) is 26.5 Å². The van der Waals surface area contributed by atoms with Crippen LogP contribution in [-0.2, 0) is 101 Å². The van der Waals surface area contributed by atoms with Gasteiger partial charge < -0.3 is 109 Å². The third kappa shape index (κ3) is 29.2. The van der Waals surface area contributed by atoms with Gasteiger partial charge in [-0.25, -0.2) is 0 Å². The summed E-state index contributed by atoms with van der Waals surface area (Å²) in [6.45, 7) is 12.1. The summed E-state index contributed by atoms with van der Waals surface area (Å²) in [5.74, 6) is -16.7. The molecule has 17 N–H and O–H groups in total. The molecule has 0 unspecified atom stereocenters. The third-order valence-electron chi connectivity index (χ3n) is 24.2. The van der Waals surface area contributed by atoms with Crippen LogP contribution in [0.5, 0.6) is 5.75 Å². The van der Waals surface area contributed by atoms with E-state index in [4.69, 9.17) is 11.5 Å². The van der Waals surface area contributed by atoms with Gasteiger partial charge in [0.25, 0.3) is 0 Å². The number of nitrogens with one attached hydrogen (secondary N) is 11. The Morgan fingerprint density at radius 1 is 0.580 bits per heavy atom. The van der Waals surface area contributed by atoms with Crippen molar-refractivity contribution in [2.75, 3.05) is 79.0 Å². The van der Waals surface area contributed by atoms with Crippen LogP contribution in [0.1, 0.15) is 162 Å². The highest BCUT2D eigenvalue weighted by atomic mass is 32.2. The Hall–Kier alpha value is -12.0. The van der Waals surface area contributed by atoms with Crippen LogP contribution < -0.4 is 59.3 Å². The number of rotatable bonds is 24. The number of hydrogen-bond donors (Lipinski definition) is 15. The molecule has 0 aliphatic carbocycles. The van der Waals surface area contributed by atoms with Gasteiger partial charge in [0, 0.05) is 126 Å². The van der Waals surface area contributed by atoms with E-state index in [2.05, 4.69) is 57.8 Å². The normalized spacial score (nSPS) is 24.7. The fraction of sp³-hybridized carbons (Fsp3) is 0.576. The summed E-state index contributed by atoms with van der Waals surface area (Å²) in [6.07, 6.45) is 2.80. The SMILES string of the molecule is CCCC[C@H]1C(=O)N(C)[C@@H](CCCC)C(=O)N[C@@H](CC(C)C)C(=O)N[C@H](C(=O)NCC(=O)N(C)CCC)CSCC(=O)N[C@@H](Cc2ccc(O)cc2)C(=O)N(C)[C@@H](C)C(=O)N[C@@H](CC(N)=O)C(=O)N2CCC[C@H]2C(=O)N[C@@H](CN)C(=O)N[C@@H](CC(C)C)C(=O)N2C[C@H](O)C[C@H]2C(=O)C[C@@H](Cc2c[nH]c3ccccc23)C(=O)NCC(=O)N[C@@H](Cc2c[nH]c3ccccc23)C(=O)N1C. The fourth-order valence-electron chi connectivity index (χ4n) is 16.8. The number of ketones is 1. The van der Waals surface area contributed by atoms with E-state index >= 15 is 33.6 Å². The molecule has 131 heavy (non-hydrogen) atoms. The molecule has 14 atom stereocenters. The second-order valence-corrected chi connectivity index (χ2v) is 36.3. The molecular formula is C92H133N19O19S. The Labute approximate surface area is 768 Å². The smallest absolute Gasteiger partial charge is 0.246 e. The number of benzene rings is 3. The Morgan fingerprint density at radius 3 is 1.74 bits per heavy atom. The molecule has 3 fully saturated rings. The van der Waals surface area contributed by atoms with E-state index in [-0.39, 0.29) is 101 Å². The molecule has 0 bridgehead atoms. The molecule has 16 amide bonds. The number of aromatic hydroxyl groups is 1. The molecule has 39 heteroatoms. The molecule has 3 saturated heterocycles. The van der Waals surface area contributed by atoms with Gasteiger partial charge in [-0.1, -0.05) is 123 Å². The molecular weight excluding hydrogens is 1710 g/mol. The molecule has 0 saturated carbocycles. The van der Waals surface area contributed by atoms with Gasteiger partial charge in [-0.2, -0.15) is 0 Å². The van der Waals surface area contributed by atoms with Crippen LogP contribution in [0, 0.1) is 17.8 Å². The lowest BCUT2D eigenvalue weighted by Gasteiger charge is -2.36. The predicted molar refractivity (Wildman–Crippen MR) is 491 cm³/mol. The van der Waals surface area contributed by atoms with E-state index in [9.17, 15) is 58.2 Å². The molecule has 5 heterocycles. The van der Waals surface area contributed by atoms with Crippen molar-refractivity contribution in [2.24, 2.45) is 29.2 Å². The zero-order valence-corrected chi connectivity index (χ0v) is 77.9. The predicted octanol–water partition coefficient (Wildman–Crippen LogP) is 0.960. The van der Waals surface area contributed by atoms with Crippen molar-refractivity contribution in [3.63, 3.8) is 0 Å². The molecule has 716 valence electrons. The van der Waals surface area contributed by atoms with Crippen LogP contribution >= 0.6 is 11.8 Å². The van der Waals surface area contributed by atoms with Crippen LogP contribution in [0.2, 0.25) is 0 Å². The Morgan fingerprint density at radius 2 is 1.13 bits per heavy atom. The van der Waals surface area contributed by atoms with Crippen LogP contribution in [0.25, 0.3) is 21.8 Å². The van der Waals surface area contributed by atoms with Crippen molar-refractivity contribution >= 4 is 134 Å². The highest BCUT2D eigenvalue weighted by Gasteiger charge is 2.46. The average Bonchev–Trinajstić information content (AvgIpc) is 1.73. The Kier molecular flexibility index (Phi) is 39.7. The number of carbonyl (C=O) groups is 17. The highest BCUT2D eigenvalue weighted by Crippen LogP contribution is 2.30. The number of aliphatic hydroxyl groups is 1. The number of thioether (sulfide) groups is 1. The fourth-order valence-corrected chi connectivity index (χ4v) is 17.6. The van der Waals surface area contributed by atoms with Gasteiger partial charge in [0.2, 0.25) is 94.5 Å². The number of Topliss-reactive ketones (excluding diaryl/α,β-unsaturated/α-hetero) is 1. The summed E-state index contributed by atoms with van der Waals surface area (Å²) in [5.41, 5.74) is 15.0. The quantitative estimate of drug-likeness (QED) is 0.0409. The second kappa shape index (κ2) is 49.9. The van der Waals surface area contributed by atoms with E-state index in [1.54, 1.807) is 65.3 Å². The molecule has 3 aromatic carbocycles. The summed E-state index contributed by atoms with van der Waals surface area (Å²) in [7, 11) is 5.63. The number of H-pyrrole nitrogens is 2. The molecule has 8 rings (SSSR count). The topological polar surface area (TPSA) is 542 Å². The number of carbonyl (C=O) groups excluding carboxylic acids is 17. The third-order valence-corrected chi connectivity index (χ3v) is 25.2. The number of phenolic OH excluding ortho intramolecular Hbond substituents is 1. The summed E-state index contributed by atoms with van der Waals surface area (Å²) in [4.78, 5) is 263. The largest absolute Gasteiger partial charge is 0.508 e. The Bertz CT molecular complexity index is 4870. The van der Waals surface area contributed by atoms with E-state index in [0.29, 0.717) is 77.1 Å².